The first-order chi connectivity index (χ1) is 8.65. The van der Waals surface area contributed by atoms with Crippen molar-refractivity contribution in [3.05, 3.63) is 37.8 Å². The first kappa shape index (κ1) is 13.0. The average molecular weight is 316 g/mol. The average Bonchev–Trinajstić information content (AvgIpc) is 2.76. The minimum Gasteiger partial charge on any atom is -0.394 e. The summed E-state index contributed by atoms with van der Waals surface area (Å²) in [5, 5.41) is 12.7. The van der Waals surface area contributed by atoms with E-state index >= 15 is 0 Å². The molecule has 96 valence electrons. The number of aliphatic hydroxyl groups excluding tert-OH is 1. The van der Waals surface area contributed by atoms with Crippen molar-refractivity contribution >= 4 is 15.9 Å². The zero-order valence-electron chi connectivity index (χ0n) is 9.18. The van der Waals surface area contributed by atoms with Crippen molar-refractivity contribution in [1.29, 1.82) is 0 Å². The molecule has 1 aromatic heterocycles. The van der Waals surface area contributed by atoms with E-state index in [1.54, 1.807) is 6.20 Å². The second kappa shape index (κ2) is 5.49. The Bertz CT molecular complexity index is 541. The van der Waals surface area contributed by atoms with Crippen LogP contribution in [0.2, 0.25) is 0 Å². The molecule has 2 rings (SSSR count). The summed E-state index contributed by atoms with van der Waals surface area (Å²) >= 11 is 3.21. The van der Waals surface area contributed by atoms with Crippen LogP contribution in [-0.2, 0) is 4.74 Å². The molecule has 9 heteroatoms. The Morgan fingerprint density at radius 2 is 2.56 bits per heavy atom. The SMILES string of the molecule is [N-]=[N+]=N[C@H]1C[C@H](n2cc(Br)cnc2=O)O[C@@H]1CO. The third kappa shape index (κ3) is 2.54. The van der Waals surface area contributed by atoms with E-state index < -0.39 is 24.1 Å². The van der Waals surface area contributed by atoms with Crippen LogP contribution in [0, 0.1) is 0 Å². The van der Waals surface area contributed by atoms with Crippen molar-refractivity contribution < 1.29 is 9.84 Å². The number of aromatic nitrogens is 2. The molecule has 1 fully saturated rings. The Hall–Kier alpha value is -1.41. The molecule has 3 atom stereocenters. The molecule has 0 radical (unpaired) electrons. The van der Waals surface area contributed by atoms with Gasteiger partial charge in [-0.15, -0.1) is 0 Å². The number of halogens is 1. The molecule has 0 spiro atoms. The Morgan fingerprint density at radius 1 is 1.78 bits per heavy atom. The van der Waals surface area contributed by atoms with Crippen LogP contribution in [0.4, 0.5) is 0 Å². The molecule has 0 saturated carbocycles. The number of rotatable bonds is 3. The summed E-state index contributed by atoms with van der Waals surface area (Å²) in [6, 6.07) is -0.490. The van der Waals surface area contributed by atoms with E-state index in [1.165, 1.54) is 10.8 Å². The van der Waals surface area contributed by atoms with Gasteiger partial charge in [0.1, 0.15) is 6.23 Å². The molecule has 2 heterocycles. The number of azide groups is 1. The van der Waals surface area contributed by atoms with Gasteiger partial charge in [-0.2, -0.15) is 0 Å². The van der Waals surface area contributed by atoms with Crippen molar-refractivity contribution in [3.63, 3.8) is 0 Å². The number of hydrogen-bond donors (Lipinski definition) is 1. The molecule has 1 saturated heterocycles. The topological polar surface area (TPSA) is 113 Å². The first-order valence-electron chi connectivity index (χ1n) is 5.20. The summed E-state index contributed by atoms with van der Waals surface area (Å²) in [4.78, 5) is 18.0. The standard InChI is InChI=1S/C9H10BrN5O3/c10-5-2-12-9(17)15(3-5)8-1-6(13-14-11)7(4-16)18-8/h2-3,6-8,16H,1,4H2/t6-,7+,8+/m0/s1. The van der Waals surface area contributed by atoms with Crippen LogP contribution in [0.3, 0.4) is 0 Å². The first-order valence-corrected chi connectivity index (χ1v) is 5.99. The molecule has 0 bridgehead atoms. The normalized spacial score (nSPS) is 26.9. The zero-order valence-corrected chi connectivity index (χ0v) is 10.8. The third-order valence-corrected chi connectivity index (χ3v) is 3.09. The van der Waals surface area contributed by atoms with Gasteiger partial charge in [-0.1, -0.05) is 5.11 Å². The molecular formula is C9H10BrN5O3. The minimum atomic E-state index is -0.600. The van der Waals surface area contributed by atoms with E-state index in [2.05, 4.69) is 30.9 Å². The van der Waals surface area contributed by atoms with Crippen LogP contribution in [0.25, 0.3) is 10.4 Å². The van der Waals surface area contributed by atoms with E-state index in [1.807, 2.05) is 0 Å². The summed E-state index contributed by atoms with van der Waals surface area (Å²) < 4.78 is 7.43. The van der Waals surface area contributed by atoms with Gasteiger partial charge in [-0.3, -0.25) is 4.57 Å². The molecule has 1 aliphatic rings. The Labute approximate surface area is 110 Å². The highest BCUT2D eigenvalue weighted by Crippen LogP contribution is 2.30. The molecule has 8 nitrogen and oxygen atoms in total. The molecule has 0 unspecified atom stereocenters. The van der Waals surface area contributed by atoms with Gasteiger partial charge >= 0.3 is 5.69 Å². The van der Waals surface area contributed by atoms with Crippen LogP contribution in [0.5, 0.6) is 0 Å². The molecule has 0 aliphatic carbocycles. The van der Waals surface area contributed by atoms with Gasteiger partial charge in [-0.05, 0) is 21.5 Å². The summed E-state index contributed by atoms with van der Waals surface area (Å²) in [6.07, 6.45) is 2.08. The van der Waals surface area contributed by atoms with Crippen molar-refractivity contribution in [3.8, 4) is 0 Å². The van der Waals surface area contributed by atoms with Gasteiger partial charge < -0.3 is 9.84 Å². The van der Waals surface area contributed by atoms with E-state index in [4.69, 9.17) is 15.4 Å². The largest absolute Gasteiger partial charge is 0.394 e. The quantitative estimate of drug-likeness (QED) is 0.508. The number of hydrogen-bond acceptors (Lipinski definition) is 5. The van der Waals surface area contributed by atoms with Gasteiger partial charge in [-0.25, -0.2) is 9.78 Å². The van der Waals surface area contributed by atoms with Crippen molar-refractivity contribution in [2.24, 2.45) is 5.11 Å². The molecule has 0 amide bonds. The van der Waals surface area contributed by atoms with Crippen molar-refractivity contribution in [2.75, 3.05) is 6.61 Å². The number of aliphatic hydroxyl groups is 1. The second-order valence-corrected chi connectivity index (χ2v) is 4.70. The molecule has 1 N–H and O–H groups in total. The lowest BCUT2D eigenvalue weighted by Crippen LogP contribution is -2.27. The second-order valence-electron chi connectivity index (χ2n) is 3.78. The van der Waals surface area contributed by atoms with Gasteiger partial charge in [0.2, 0.25) is 0 Å². The summed E-state index contributed by atoms with van der Waals surface area (Å²) in [6.45, 7) is -0.267. The van der Waals surface area contributed by atoms with Crippen LogP contribution in [-0.4, -0.2) is 33.4 Å². The fourth-order valence-corrected chi connectivity index (χ4v) is 2.17. The molecule has 1 aromatic rings. The fraction of sp³-hybridized carbons (Fsp3) is 0.556. The smallest absolute Gasteiger partial charge is 0.349 e. The van der Waals surface area contributed by atoms with Crippen molar-refractivity contribution in [1.82, 2.24) is 9.55 Å². The monoisotopic (exact) mass is 315 g/mol. The highest BCUT2D eigenvalue weighted by molar-refractivity contribution is 9.10. The van der Waals surface area contributed by atoms with Crippen LogP contribution in [0.15, 0.2) is 26.8 Å². The number of ether oxygens (including phenoxy) is 1. The molecular weight excluding hydrogens is 306 g/mol. The minimum absolute atomic E-state index is 0.267. The molecule has 1 aliphatic heterocycles. The van der Waals surface area contributed by atoms with Crippen LogP contribution >= 0.6 is 15.9 Å². The third-order valence-electron chi connectivity index (χ3n) is 2.68. The highest BCUT2D eigenvalue weighted by atomic mass is 79.9. The Kier molecular flexibility index (Phi) is 3.97. The number of nitrogens with zero attached hydrogens (tertiary/aromatic N) is 5. The Balaban J connectivity index is 2.28. The lowest BCUT2D eigenvalue weighted by Gasteiger charge is -2.14. The van der Waals surface area contributed by atoms with Gasteiger partial charge in [0.05, 0.1) is 23.2 Å². The van der Waals surface area contributed by atoms with Gasteiger partial charge in [0.25, 0.3) is 0 Å². The predicted molar refractivity (Wildman–Crippen MR) is 64.7 cm³/mol. The summed E-state index contributed by atoms with van der Waals surface area (Å²) in [5.41, 5.74) is 7.97. The van der Waals surface area contributed by atoms with Gasteiger partial charge in [0.15, 0.2) is 0 Å². The van der Waals surface area contributed by atoms with E-state index in [9.17, 15) is 4.79 Å². The lowest BCUT2D eigenvalue weighted by molar-refractivity contribution is -0.0271. The predicted octanol–water partition coefficient (Wildman–Crippen LogP) is 0.964. The highest BCUT2D eigenvalue weighted by Gasteiger charge is 2.35. The van der Waals surface area contributed by atoms with E-state index in [0.29, 0.717) is 10.9 Å². The lowest BCUT2D eigenvalue weighted by atomic mass is 10.1. The van der Waals surface area contributed by atoms with Crippen LogP contribution < -0.4 is 5.69 Å². The van der Waals surface area contributed by atoms with Crippen molar-refractivity contribution in [2.45, 2.75) is 24.8 Å². The maximum Gasteiger partial charge on any atom is 0.349 e. The molecule has 18 heavy (non-hydrogen) atoms. The zero-order chi connectivity index (χ0) is 13.1. The van der Waals surface area contributed by atoms with Crippen LogP contribution in [0.1, 0.15) is 12.6 Å². The summed E-state index contributed by atoms with van der Waals surface area (Å²) in [7, 11) is 0. The van der Waals surface area contributed by atoms with E-state index in [0.717, 1.165) is 0 Å². The maximum absolute atomic E-state index is 11.6. The fourth-order valence-electron chi connectivity index (χ4n) is 1.85. The Morgan fingerprint density at radius 3 is 3.22 bits per heavy atom. The molecule has 0 aromatic carbocycles. The van der Waals surface area contributed by atoms with E-state index in [-0.39, 0.29) is 6.61 Å². The van der Waals surface area contributed by atoms with Gasteiger partial charge in [0, 0.05) is 23.7 Å². The maximum atomic E-state index is 11.6. The summed E-state index contributed by atoms with van der Waals surface area (Å²) in [5.74, 6) is 0.